The summed E-state index contributed by atoms with van der Waals surface area (Å²) in [6.07, 6.45) is -0.799. The summed E-state index contributed by atoms with van der Waals surface area (Å²) in [5.74, 6) is -0.488. The summed E-state index contributed by atoms with van der Waals surface area (Å²) in [7, 11) is 0. The molecule has 3 rings (SSSR count). The average Bonchev–Trinajstić information content (AvgIpc) is 2.73. The normalized spacial score (nSPS) is 12.8. The van der Waals surface area contributed by atoms with Gasteiger partial charge < -0.3 is 15.4 Å². The first-order valence-corrected chi connectivity index (χ1v) is 6.59. The quantitative estimate of drug-likeness (QED) is 0.760. The molecule has 0 radical (unpaired) electrons. The second-order valence-corrected chi connectivity index (χ2v) is 4.97. The maximum Gasteiger partial charge on any atom is 0.220 e. The molecule has 102 valence electrons. The topological polar surface area (TPSA) is 68.2 Å². The Labute approximate surface area is 116 Å². The minimum Gasteiger partial charge on any atom is -0.391 e. The first-order chi connectivity index (χ1) is 9.66. The van der Waals surface area contributed by atoms with Crippen LogP contribution >= 0.6 is 0 Å². The van der Waals surface area contributed by atoms with Crippen LogP contribution in [0.3, 0.4) is 0 Å². The van der Waals surface area contributed by atoms with E-state index >= 15 is 0 Å². The number of para-hydroxylation sites is 2. The molecule has 0 aliphatic carbocycles. The fourth-order valence-electron chi connectivity index (χ4n) is 2.71. The second kappa shape index (κ2) is 4.98. The maximum absolute atomic E-state index is 10.9. The SMILES string of the molecule is NC(=O)CC(O)Cn1c2ccccc2c2ccccc21. The van der Waals surface area contributed by atoms with Crippen LogP contribution in [0.25, 0.3) is 21.8 Å². The van der Waals surface area contributed by atoms with Crippen molar-refractivity contribution in [3.63, 3.8) is 0 Å². The lowest BCUT2D eigenvalue weighted by Gasteiger charge is -2.12. The van der Waals surface area contributed by atoms with E-state index in [1.165, 1.54) is 0 Å². The highest BCUT2D eigenvalue weighted by Gasteiger charge is 2.14. The predicted molar refractivity (Wildman–Crippen MR) is 79.3 cm³/mol. The third-order valence-corrected chi connectivity index (χ3v) is 3.51. The van der Waals surface area contributed by atoms with Crippen LogP contribution in [-0.2, 0) is 11.3 Å². The molecule has 3 aromatic rings. The molecule has 2 aromatic carbocycles. The number of rotatable bonds is 4. The highest BCUT2D eigenvalue weighted by Crippen LogP contribution is 2.28. The lowest BCUT2D eigenvalue weighted by molar-refractivity contribution is -0.120. The van der Waals surface area contributed by atoms with E-state index in [9.17, 15) is 9.90 Å². The van der Waals surface area contributed by atoms with Gasteiger partial charge in [0.05, 0.1) is 12.5 Å². The number of aromatic nitrogens is 1. The van der Waals surface area contributed by atoms with E-state index < -0.39 is 12.0 Å². The first kappa shape index (κ1) is 12.7. The van der Waals surface area contributed by atoms with Crippen molar-refractivity contribution < 1.29 is 9.90 Å². The summed E-state index contributed by atoms with van der Waals surface area (Å²) in [6.45, 7) is 0.358. The van der Waals surface area contributed by atoms with E-state index in [-0.39, 0.29) is 6.42 Å². The summed E-state index contributed by atoms with van der Waals surface area (Å²) >= 11 is 0. The molecule has 0 saturated heterocycles. The van der Waals surface area contributed by atoms with E-state index in [2.05, 4.69) is 12.1 Å². The van der Waals surface area contributed by atoms with Crippen LogP contribution in [0.2, 0.25) is 0 Å². The lowest BCUT2D eigenvalue weighted by atomic mass is 10.2. The Kier molecular flexibility index (Phi) is 3.16. The van der Waals surface area contributed by atoms with Crippen LogP contribution in [0, 0.1) is 0 Å². The molecule has 0 fully saturated rings. The minimum absolute atomic E-state index is 0.0270. The monoisotopic (exact) mass is 268 g/mol. The van der Waals surface area contributed by atoms with E-state index in [0.29, 0.717) is 6.54 Å². The van der Waals surface area contributed by atoms with Crippen LogP contribution in [0.15, 0.2) is 48.5 Å². The van der Waals surface area contributed by atoms with Gasteiger partial charge in [-0.2, -0.15) is 0 Å². The summed E-state index contributed by atoms with van der Waals surface area (Å²) in [4.78, 5) is 10.9. The molecular formula is C16H16N2O2. The number of nitrogens with two attached hydrogens (primary N) is 1. The Balaban J connectivity index is 2.14. The number of carbonyl (C=O) groups excluding carboxylic acids is 1. The Morgan fingerprint density at radius 1 is 1.05 bits per heavy atom. The zero-order valence-corrected chi connectivity index (χ0v) is 11.0. The molecular weight excluding hydrogens is 252 g/mol. The van der Waals surface area contributed by atoms with Crippen LogP contribution in [0.1, 0.15) is 6.42 Å². The molecule has 0 aliphatic heterocycles. The second-order valence-electron chi connectivity index (χ2n) is 4.97. The summed E-state index contributed by atoms with van der Waals surface area (Å²) in [5, 5.41) is 12.3. The highest BCUT2D eigenvalue weighted by atomic mass is 16.3. The van der Waals surface area contributed by atoms with Gasteiger partial charge in [0, 0.05) is 28.4 Å². The van der Waals surface area contributed by atoms with Gasteiger partial charge in [-0.05, 0) is 12.1 Å². The number of hydrogen-bond donors (Lipinski definition) is 2. The molecule has 1 atom stereocenters. The number of nitrogens with zero attached hydrogens (tertiary/aromatic N) is 1. The Hall–Kier alpha value is -2.33. The van der Waals surface area contributed by atoms with E-state index in [1.54, 1.807) is 0 Å². The van der Waals surface area contributed by atoms with Crippen LogP contribution in [-0.4, -0.2) is 21.7 Å². The van der Waals surface area contributed by atoms with Gasteiger partial charge in [-0.1, -0.05) is 36.4 Å². The van der Waals surface area contributed by atoms with Crippen molar-refractivity contribution >= 4 is 27.7 Å². The van der Waals surface area contributed by atoms with Gasteiger partial charge in [-0.3, -0.25) is 4.79 Å². The predicted octanol–water partition coefficient (Wildman–Crippen LogP) is 2.03. The standard InChI is InChI=1S/C16H16N2O2/c17-16(20)9-11(19)10-18-14-7-3-1-5-12(14)13-6-2-4-8-15(13)18/h1-8,11,19H,9-10H2,(H2,17,20). The molecule has 1 aromatic heterocycles. The van der Waals surface area contributed by atoms with Crippen LogP contribution in [0.4, 0.5) is 0 Å². The van der Waals surface area contributed by atoms with Gasteiger partial charge >= 0.3 is 0 Å². The summed E-state index contributed by atoms with van der Waals surface area (Å²) in [6, 6.07) is 16.1. The van der Waals surface area contributed by atoms with Crippen LogP contribution < -0.4 is 5.73 Å². The number of amides is 1. The van der Waals surface area contributed by atoms with Crippen molar-refractivity contribution in [1.29, 1.82) is 0 Å². The first-order valence-electron chi connectivity index (χ1n) is 6.59. The van der Waals surface area contributed by atoms with E-state index in [4.69, 9.17) is 5.73 Å². The van der Waals surface area contributed by atoms with Crippen molar-refractivity contribution in [2.75, 3.05) is 0 Å². The summed E-state index contributed by atoms with van der Waals surface area (Å²) < 4.78 is 2.04. The lowest BCUT2D eigenvalue weighted by Crippen LogP contribution is -2.23. The van der Waals surface area contributed by atoms with Gasteiger partial charge in [-0.15, -0.1) is 0 Å². The fraction of sp³-hybridized carbons (Fsp3) is 0.188. The molecule has 1 unspecified atom stereocenters. The summed E-state index contributed by atoms with van der Waals surface area (Å²) in [5.41, 5.74) is 7.25. The molecule has 20 heavy (non-hydrogen) atoms. The average molecular weight is 268 g/mol. The van der Waals surface area contributed by atoms with Gasteiger partial charge in [0.2, 0.25) is 5.91 Å². The number of benzene rings is 2. The molecule has 0 bridgehead atoms. The Bertz CT molecular complexity index is 723. The van der Waals surface area contributed by atoms with Gasteiger partial charge in [0.1, 0.15) is 0 Å². The third-order valence-electron chi connectivity index (χ3n) is 3.51. The van der Waals surface area contributed by atoms with Gasteiger partial charge in [0.25, 0.3) is 0 Å². The number of aliphatic hydroxyl groups excluding tert-OH is 1. The van der Waals surface area contributed by atoms with Gasteiger partial charge in [-0.25, -0.2) is 0 Å². The number of hydrogen-bond acceptors (Lipinski definition) is 2. The van der Waals surface area contributed by atoms with Crippen molar-refractivity contribution in [3.05, 3.63) is 48.5 Å². The maximum atomic E-state index is 10.9. The highest BCUT2D eigenvalue weighted by molar-refractivity contribution is 6.07. The molecule has 1 amide bonds. The van der Waals surface area contributed by atoms with Crippen molar-refractivity contribution in [3.8, 4) is 0 Å². The number of carbonyl (C=O) groups is 1. The molecule has 4 nitrogen and oxygen atoms in total. The number of primary amides is 1. The Morgan fingerprint density at radius 2 is 1.55 bits per heavy atom. The Morgan fingerprint density at radius 3 is 2.05 bits per heavy atom. The zero-order valence-electron chi connectivity index (χ0n) is 11.0. The molecule has 0 saturated carbocycles. The van der Waals surface area contributed by atoms with Crippen molar-refractivity contribution in [2.45, 2.75) is 19.1 Å². The molecule has 1 heterocycles. The number of fused-ring (bicyclic) bond motifs is 3. The van der Waals surface area contributed by atoms with Crippen LogP contribution in [0.5, 0.6) is 0 Å². The molecule has 0 aliphatic rings. The van der Waals surface area contributed by atoms with Crippen molar-refractivity contribution in [2.24, 2.45) is 5.73 Å². The zero-order chi connectivity index (χ0) is 14.1. The third kappa shape index (κ3) is 2.14. The van der Waals surface area contributed by atoms with E-state index in [1.807, 2.05) is 41.0 Å². The molecule has 0 spiro atoms. The van der Waals surface area contributed by atoms with Gasteiger partial charge in [0.15, 0.2) is 0 Å². The van der Waals surface area contributed by atoms with Crippen molar-refractivity contribution in [1.82, 2.24) is 4.57 Å². The molecule has 4 heteroatoms. The minimum atomic E-state index is -0.772. The molecule has 3 N–H and O–H groups in total. The number of aliphatic hydroxyl groups is 1. The largest absolute Gasteiger partial charge is 0.391 e. The van der Waals surface area contributed by atoms with E-state index in [0.717, 1.165) is 21.8 Å². The fourth-order valence-corrected chi connectivity index (χ4v) is 2.71. The smallest absolute Gasteiger partial charge is 0.220 e.